The molecular formula is C12H16ClF2N. The molecule has 16 heavy (non-hydrogen) atoms. The summed E-state index contributed by atoms with van der Waals surface area (Å²) < 4.78 is 26.3. The van der Waals surface area contributed by atoms with Crippen molar-refractivity contribution in [1.29, 1.82) is 0 Å². The van der Waals surface area contributed by atoms with Gasteiger partial charge in [-0.3, -0.25) is 0 Å². The quantitative estimate of drug-likeness (QED) is 0.828. The van der Waals surface area contributed by atoms with E-state index in [1.807, 2.05) is 20.8 Å². The van der Waals surface area contributed by atoms with E-state index in [0.717, 1.165) is 18.6 Å². The van der Waals surface area contributed by atoms with Gasteiger partial charge in [0, 0.05) is 12.1 Å². The minimum Gasteiger partial charge on any atom is -0.378 e. The van der Waals surface area contributed by atoms with Crippen LogP contribution in [0.1, 0.15) is 27.2 Å². The molecule has 90 valence electrons. The van der Waals surface area contributed by atoms with Gasteiger partial charge in [0.2, 0.25) is 0 Å². The Balaban J connectivity index is 2.96. The van der Waals surface area contributed by atoms with Crippen molar-refractivity contribution in [1.82, 2.24) is 0 Å². The SMILES string of the molecule is CCC(Nc1c(F)cc(F)cc1Cl)C(C)C. The summed E-state index contributed by atoms with van der Waals surface area (Å²) in [7, 11) is 0. The molecule has 0 bridgehead atoms. The van der Waals surface area contributed by atoms with E-state index in [4.69, 9.17) is 11.6 Å². The molecule has 0 aliphatic carbocycles. The molecule has 0 amide bonds. The number of anilines is 1. The zero-order valence-corrected chi connectivity index (χ0v) is 10.4. The lowest BCUT2D eigenvalue weighted by Crippen LogP contribution is -2.25. The van der Waals surface area contributed by atoms with Crippen LogP contribution in [-0.4, -0.2) is 6.04 Å². The van der Waals surface area contributed by atoms with Crippen LogP contribution in [0.5, 0.6) is 0 Å². The predicted molar refractivity (Wildman–Crippen MR) is 63.9 cm³/mol. The standard InChI is InChI=1S/C12H16ClF2N/c1-4-11(7(2)3)16-12-9(13)5-8(14)6-10(12)15/h5-7,11,16H,4H2,1-3H3. The van der Waals surface area contributed by atoms with Crippen LogP contribution in [-0.2, 0) is 0 Å². The van der Waals surface area contributed by atoms with Crippen molar-refractivity contribution in [3.63, 3.8) is 0 Å². The molecule has 1 rings (SSSR count). The summed E-state index contributed by atoms with van der Waals surface area (Å²) in [6, 6.07) is 2.07. The summed E-state index contributed by atoms with van der Waals surface area (Å²) in [6.45, 7) is 6.08. The summed E-state index contributed by atoms with van der Waals surface area (Å²) in [4.78, 5) is 0. The van der Waals surface area contributed by atoms with Crippen molar-refractivity contribution in [3.8, 4) is 0 Å². The van der Waals surface area contributed by atoms with Crippen molar-refractivity contribution >= 4 is 17.3 Å². The van der Waals surface area contributed by atoms with Gasteiger partial charge in [0.1, 0.15) is 5.82 Å². The molecule has 1 atom stereocenters. The van der Waals surface area contributed by atoms with Gasteiger partial charge in [-0.2, -0.15) is 0 Å². The molecule has 0 aliphatic heterocycles. The first-order chi connectivity index (χ1) is 7.45. The molecule has 0 saturated carbocycles. The number of benzene rings is 1. The van der Waals surface area contributed by atoms with Crippen LogP contribution in [0.15, 0.2) is 12.1 Å². The van der Waals surface area contributed by atoms with E-state index >= 15 is 0 Å². The third-order valence-electron chi connectivity index (χ3n) is 2.58. The van der Waals surface area contributed by atoms with Crippen molar-refractivity contribution in [3.05, 3.63) is 28.8 Å². The third kappa shape index (κ3) is 3.08. The fourth-order valence-corrected chi connectivity index (χ4v) is 1.85. The number of hydrogen-bond acceptors (Lipinski definition) is 1. The molecule has 1 N–H and O–H groups in total. The van der Waals surface area contributed by atoms with Crippen LogP contribution in [0.3, 0.4) is 0 Å². The Bertz CT molecular complexity index is 343. The van der Waals surface area contributed by atoms with Crippen LogP contribution >= 0.6 is 11.6 Å². The Morgan fingerprint density at radius 2 is 1.94 bits per heavy atom. The molecule has 1 unspecified atom stereocenters. The largest absolute Gasteiger partial charge is 0.378 e. The Hall–Kier alpha value is -0.830. The Labute approximate surface area is 99.8 Å². The second-order valence-corrected chi connectivity index (χ2v) is 4.55. The van der Waals surface area contributed by atoms with Crippen LogP contribution in [0.2, 0.25) is 5.02 Å². The minimum absolute atomic E-state index is 0.0802. The van der Waals surface area contributed by atoms with E-state index in [9.17, 15) is 8.78 Å². The van der Waals surface area contributed by atoms with E-state index < -0.39 is 11.6 Å². The van der Waals surface area contributed by atoms with E-state index in [1.54, 1.807) is 0 Å². The highest BCUT2D eigenvalue weighted by Gasteiger charge is 2.16. The first-order valence-electron chi connectivity index (χ1n) is 5.36. The van der Waals surface area contributed by atoms with Gasteiger partial charge < -0.3 is 5.32 Å². The van der Waals surface area contributed by atoms with Gasteiger partial charge in [-0.15, -0.1) is 0 Å². The lowest BCUT2D eigenvalue weighted by molar-refractivity contribution is 0.505. The highest BCUT2D eigenvalue weighted by molar-refractivity contribution is 6.33. The molecule has 0 spiro atoms. The van der Waals surface area contributed by atoms with Crippen LogP contribution in [0.4, 0.5) is 14.5 Å². The van der Waals surface area contributed by atoms with E-state index in [-0.39, 0.29) is 16.8 Å². The molecule has 0 aliphatic rings. The lowest BCUT2D eigenvalue weighted by atomic mass is 10.0. The predicted octanol–water partition coefficient (Wildman–Crippen LogP) is 4.46. The molecule has 0 saturated heterocycles. The number of halogens is 3. The van der Waals surface area contributed by atoms with Gasteiger partial charge in [0.25, 0.3) is 0 Å². The molecule has 1 nitrogen and oxygen atoms in total. The highest BCUT2D eigenvalue weighted by atomic mass is 35.5. The molecule has 0 aromatic heterocycles. The van der Waals surface area contributed by atoms with Crippen LogP contribution in [0.25, 0.3) is 0 Å². The minimum atomic E-state index is -0.661. The summed E-state index contributed by atoms with van der Waals surface area (Å²) in [5.41, 5.74) is 0.184. The van der Waals surface area contributed by atoms with Gasteiger partial charge in [-0.25, -0.2) is 8.78 Å². The van der Waals surface area contributed by atoms with E-state index in [0.29, 0.717) is 5.92 Å². The maximum absolute atomic E-state index is 13.5. The molecule has 0 radical (unpaired) electrons. The zero-order valence-electron chi connectivity index (χ0n) is 9.65. The second kappa shape index (κ2) is 5.48. The van der Waals surface area contributed by atoms with Crippen molar-refractivity contribution < 1.29 is 8.78 Å². The zero-order chi connectivity index (χ0) is 12.3. The maximum atomic E-state index is 13.5. The summed E-state index contributed by atoms with van der Waals surface area (Å²) in [5.74, 6) is -0.958. The lowest BCUT2D eigenvalue weighted by Gasteiger charge is -2.23. The van der Waals surface area contributed by atoms with Crippen LogP contribution in [0, 0.1) is 17.6 Å². The molecule has 1 aromatic rings. The van der Waals surface area contributed by atoms with Gasteiger partial charge in [-0.1, -0.05) is 32.4 Å². The summed E-state index contributed by atoms with van der Waals surface area (Å²) >= 11 is 5.80. The summed E-state index contributed by atoms with van der Waals surface area (Å²) in [5, 5.41) is 3.10. The third-order valence-corrected chi connectivity index (χ3v) is 2.88. The molecule has 0 heterocycles. The molecular weight excluding hydrogens is 232 g/mol. The van der Waals surface area contributed by atoms with E-state index in [2.05, 4.69) is 5.32 Å². The highest BCUT2D eigenvalue weighted by Crippen LogP contribution is 2.28. The van der Waals surface area contributed by atoms with Gasteiger partial charge in [0.15, 0.2) is 5.82 Å². The van der Waals surface area contributed by atoms with Crippen molar-refractivity contribution in [2.24, 2.45) is 5.92 Å². The average molecular weight is 248 g/mol. The first-order valence-corrected chi connectivity index (χ1v) is 5.74. The second-order valence-electron chi connectivity index (χ2n) is 4.15. The fraction of sp³-hybridized carbons (Fsp3) is 0.500. The Morgan fingerprint density at radius 3 is 2.38 bits per heavy atom. The van der Waals surface area contributed by atoms with Gasteiger partial charge in [0.05, 0.1) is 10.7 Å². The first kappa shape index (κ1) is 13.2. The molecule has 4 heteroatoms. The van der Waals surface area contributed by atoms with Crippen molar-refractivity contribution in [2.75, 3.05) is 5.32 Å². The monoisotopic (exact) mass is 247 g/mol. The maximum Gasteiger partial charge on any atom is 0.150 e. The average Bonchev–Trinajstić information content (AvgIpc) is 2.15. The smallest absolute Gasteiger partial charge is 0.150 e. The van der Waals surface area contributed by atoms with Crippen molar-refractivity contribution in [2.45, 2.75) is 33.2 Å². The van der Waals surface area contributed by atoms with Gasteiger partial charge in [-0.05, 0) is 18.4 Å². The Kier molecular flexibility index (Phi) is 4.54. The molecule has 0 fully saturated rings. The van der Waals surface area contributed by atoms with Gasteiger partial charge >= 0.3 is 0 Å². The number of nitrogens with one attached hydrogen (secondary N) is 1. The summed E-state index contributed by atoms with van der Waals surface area (Å²) in [6.07, 6.45) is 0.852. The Morgan fingerprint density at radius 1 is 1.31 bits per heavy atom. The molecule has 1 aromatic carbocycles. The fourth-order valence-electron chi connectivity index (χ4n) is 1.61. The van der Waals surface area contributed by atoms with E-state index in [1.165, 1.54) is 0 Å². The number of rotatable bonds is 4. The number of hydrogen-bond donors (Lipinski definition) is 1. The normalized spacial score (nSPS) is 12.9. The van der Waals surface area contributed by atoms with Crippen LogP contribution < -0.4 is 5.32 Å². The topological polar surface area (TPSA) is 12.0 Å².